The Morgan fingerprint density at radius 1 is 1.02 bits per heavy atom. The molecule has 4 aromatic rings. The van der Waals surface area contributed by atoms with Gasteiger partial charge in [0.25, 0.3) is 5.88 Å². The Bertz CT molecular complexity index is 2250. The molecular formula is C44H46ClN3O9. The average Bonchev–Trinajstić information content (AvgIpc) is 3.84. The third kappa shape index (κ3) is 6.87. The van der Waals surface area contributed by atoms with E-state index in [9.17, 15) is 24.6 Å². The standard InChI is InChI=1S/C44H46ClN3O9/c1-5-48-18-12-17-30(48)27-21-31(54-22-24-13-8-6-9-14-24)33-28(35(27)45)19-26-20-29-36(46-42(52)56-43(2,3)4)38-34(40(51)44(29,53)39(50)32(26)37(33)49)41(47-57-38)55-23-25-15-10-7-11-16-25/h6-11,13-16,21,26,29-30,36,49,53H,5,12,17-20,22-23H2,1-4H3,(H,46,52)/t26-,29-,30?,36-,44-/m0/s1. The first-order valence-corrected chi connectivity index (χ1v) is 19.8. The fourth-order valence-electron chi connectivity index (χ4n) is 8.99. The fraction of sp³-hybridized carbons (Fsp3) is 0.409. The highest BCUT2D eigenvalue weighted by atomic mass is 35.5. The summed E-state index contributed by atoms with van der Waals surface area (Å²) < 4.78 is 23.7. The molecule has 2 heterocycles. The largest absolute Gasteiger partial charge is 0.507 e. The molecule has 3 aliphatic carbocycles. The van der Waals surface area contributed by atoms with E-state index in [-0.39, 0.29) is 60.4 Å². The fourth-order valence-corrected chi connectivity index (χ4v) is 9.34. The zero-order valence-electron chi connectivity index (χ0n) is 32.3. The predicted molar refractivity (Wildman–Crippen MR) is 210 cm³/mol. The highest BCUT2D eigenvalue weighted by Crippen LogP contribution is 2.56. The number of alkyl carbamates (subject to hydrolysis) is 1. The third-order valence-electron chi connectivity index (χ3n) is 11.6. The van der Waals surface area contributed by atoms with Gasteiger partial charge in [0.1, 0.15) is 41.9 Å². The monoisotopic (exact) mass is 795 g/mol. The number of Topliss-reactive ketones (excluding diaryl/α,β-unsaturated/α-hetero) is 2. The van der Waals surface area contributed by atoms with Crippen molar-refractivity contribution in [1.29, 1.82) is 0 Å². The van der Waals surface area contributed by atoms with Crippen LogP contribution < -0.4 is 14.8 Å². The van der Waals surface area contributed by atoms with Crippen LogP contribution in [0.4, 0.5) is 4.79 Å². The molecule has 12 nitrogen and oxygen atoms in total. The van der Waals surface area contributed by atoms with Crippen LogP contribution in [0, 0.1) is 11.8 Å². The van der Waals surface area contributed by atoms with Crippen molar-refractivity contribution in [3.63, 3.8) is 0 Å². The molecule has 3 N–H and O–H groups in total. The lowest BCUT2D eigenvalue weighted by Gasteiger charge is -2.48. The van der Waals surface area contributed by atoms with Crippen molar-refractivity contribution >= 4 is 35.0 Å². The van der Waals surface area contributed by atoms with Gasteiger partial charge < -0.3 is 34.3 Å². The van der Waals surface area contributed by atoms with Crippen molar-refractivity contribution in [3.8, 4) is 11.6 Å². The number of aromatic nitrogens is 1. The Morgan fingerprint density at radius 3 is 2.33 bits per heavy atom. The van der Waals surface area contributed by atoms with Gasteiger partial charge in [0.15, 0.2) is 11.4 Å². The minimum atomic E-state index is -2.75. The zero-order valence-corrected chi connectivity index (χ0v) is 33.1. The number of nitrogens with one attached hydrogen (secondary N) is 1. The maximum absolute atomic E-state index is 15.0. The van der Waals surface area contributed by atoms with Crippen LogP contribution in [-0.2, 0) is 29.2 Å². The maximum atomic E-state index is 15.0. The third-order valence-corrected chi connectivity index (χ3v) is 12.0. The molecular weight excluding hydrogens is 750 g/mol. The molecule has 1 saturated heterocycles. The summed E-state index contributed by atoms with van der Waals surface area (Å²) in [5, 5.41) is 32.2. The first kappa shape index (κ1) is 38.7. The zero-order chi connectivity index (χ0) is 40.2. The van der Waals surface area contributed by atoms with E-state index in [0.29, 0.717) is 16.3 Å². The van der Waals surface area contributed by atoms with Crippen LogP contribution >= 0.6 is 11.6 Å². The maximum Gasteiger partial charge on any atom is 0.408 e. The second-order valence-corrected chi connectivity index (χ2v) is 16.6. The summed E-state index contributed by atoms with van der Waals surface area (Å²) in [4.78, 5) is 45.4. The number of nitrogens with zero attached hydrogens (tertiary/aromatic N) is 2. The number of carbonyl (C=O) groups is 3. The van der Waals surface area contributed by atoms with E-state index in [0.717, 1.165) is 42.6 Å². The molecule has 0 spiro atoms. The van der Waals surface area contributed by atoms with Gasteiger partial charge in [-0.05, 0) is 98.9 Å². The Balaban J connectivity index is 1.23. The van der Waals surface area contributed by atoms with Gasteiger partial charge in [0, 0.05) is 22.6 Å². The van der Waals surface area contributed by atoms with Crippen LogP contribution in [0.15, 0.2) is 76.8 Å². The lowest BCUT2D eigenvalue weighted by Crippen LogP contribution is -2.63. The van der Waals surface area contributed by atoms with Crippen LogP contribution in [0.2, 0.25) is 5.02 Å². The summed E-state index contributed by atoms with van der Waals surface area (Å²) >= 11 is 7.33. The molecule has 57 heavy (non-hydrogen) atoms. The van der Waals surface area contributed by atoms with E-state index in [2.05, 4.69) is 22.3 Å². The van der Waals surface area contributed by atoms with Crippen molar-refractivity contribution in [2.24, 2.45) is 11.8 Å². The quantitative estimate of drug-likeness (QED) is 0.142. The number of carbonyl (C=O) groups excluding carboxylic acids is 3. The van der Waals surface area contributed by atoms with Crippen LogP contribution in [-0.4, -0.2) is 62.2 Å². The lowest BCUT2D eigenvalue weighted by atomic mass is 9.57. The number of fused-ring (bicyclic) bond motifs is 4. The first-order valence-electron chi connectivity index (χ1n) is 19.5. The second-order valence-electron chi connectivity index (χ2n) is 16.2. The van der Waals surface area contributed by atoms with Crippen molar-refractivity contribution < 1.29 is 43.3 Å². The summed E-state index contributed by atoms with van der Waals surface area (Å²) in [7, 11) is 0. The van der Waals surface area contributed by atoms with Gasteiger partial charge in [-0.15, -0.1) is 0 Å². The molecule has 1 amide bonds. The van der Waals surface area contributed by atoms with Crippen LogP contribution in [0.5, 0.6) is 11.6 Å². The van der Waals surface area contributed by atoms with E-state index in [1.807, 2.05) is 66.7 Å². The topological polar surface area (TPSA) is 161 Å². The number of aliphatic hydroxyl groups is 2. The van der Waals surface area contributed by atoms with E-state index in [4.69, 9.17) is 30.3 Å². The molecule has 1 aromatic heterocycles. The number of hydrogen-bond donors (Lipinski definition) is 3. The van der Waals surface area contributed by atoms with E-state index in [1.54, 1.807) is 20.8 Å². The van der Waals surface area contributed by atoms with E-state index < -0.39 is 52.5 Å². The van der Waals surface area contributed by atoms with Crippen LogP contribution in [0.25, 0.3) is 5.76 Å². The van der Waals surface area contributed by atoms with Gasteiger partial charge in [-0.2, -0.15) is 0 Å². The number of hydrogen-bond acceptors (Lipinski definition) is 11. The number of rotatable bonds is 9. The Labute approximate surface area is 335 Å². The summed E-state index contributed by atoms with van der Waals surface area (Å²) in [6.07, 6.45) is 1.22. The van der Waals surface area contributed by atoms with Gasteiger partial charge in [0.2, 0.25) is 11.6 Å². The molecule has 4 aliphatic rings. The van der Waals surface area contributed by atoms with Gasteiger partial charge >= 0.3 is 6.09 Å². The Morgan fingerprint density at radius 2 is 1.68 bits per heavy atom. The average molecular weight is 796 g/mol. The molecule has 0 bridgehead atoms. The number of benzene rings is 3. The van der Waals surface area contributed by atoms with Gasteiger partial charge in [-0.25, -0.2) is 4.79 Å². The number of amides is 1. The molecule has 1 aliphatic heterocycles. The van der Waals surface area contributed by atoms with Crippen molar-refractivity contribution in [1.82, 2.24) is 15.4 Å². The smallest absolute Gasteiger partial charge is 0.408 e. The van der Waals surface area contributed by atoms with Crippen LogP contribution in [0.3, 0.4) is 0 Å². The lowest BCUT2D eigenvalue weighted by molar-refractivity contribution is -0.140. The molecule has 0 radical (unpaired) electrons. The number of halogens is 1. The number of ketones is 2. The van der Waals surface area contributed by atoms with Crippen molar-refractivity contribution in [2.75, 3.05) is 13.1 Å². The normalized spacial score (nSPS) is 24.3. The van der Waals surface area contributed by atoms with E-state index >= 15 is 0 Å². The summed E-state index contributed by atoms with van der Waals surface area (Å²) in [6, 6.07) is 19.4. The highest BCUT2D eigenvalue weighted by Gasteiger charge is 2.65. The molecule has 5 atom stereocenters. The molecule has 1 unspecified atom stereocenters. The van der Waals surface area contributed by atoms with E-state index in [1.165, 1.54) is 0 Å². The highest BCUT2D eigenvalue weighted by molar-refractivity contribution is 6.33. The van der Waals surface area contributed by atoms with Gasteiger partial charge in [-0.3, -0.25) is 14.5 Å². The minimum absolute atomic E-state index is 0.00321. The summed E-state index contributed by atoms with van der Waals surface area (Å²) in [6.45, 7) is 9.15. The number of likely N-dealkylation sites (tertiary alicyclic amines) is 1. The SMILES string of the molecule is CCN1CCCC1c1cc(OCc2ccccc2)c2c(c1Cl)C[C@H]1C[C@H]3[C@H](NC(=O)OC(C)(C)C)c4onc(OCc5ccccc5)c4C(=O)[C@@]3(O)C(=O)C1=C2O. The molecule has 1 saturated carbocycles. The minimum Gasteiger partial charge on any atom is -0.507 e. The first-order chi connectivity index (χ1) is 27.3. The molecule has 2 fully saturated rings. The molecule has 8 rings (SSSR count). The molecule has 3 aromatic carbocycles. The number of aliphatic hydroxyl groups excluding tert-OH is 1. The second kappa shape index (κ2) is 15.0. The van der Waals surface area contributed by atoms with Crippen molar-refractivity contribution in [2.45, 2.75) is 89.9 Å². The molecule has 13 heteroatoms. The molecule has 298 valence electrons. The summed E-state index contributed by atoms with van der Waals surface area (Å²) in [5.41, 5.74) is -0.610. The van der Waals surface area contributed by atoms with Crippen molar-refractivity contribution in [3.05, 3.63) is 116 Å². The Kier molecular flexibility index (Phi) is 10.2. The van der Waals surface area contributed by atoms with Gasteiger partial charge in [0.05, 0.1) is 5.56 Å². The summed E-state index contributed by atoms with van der Waals surface area (Å²) in [5.74, 6) is -4.31. The van der Waals surface area contributed by atoms with Crippen LogP contribution in [0.1, 0.15) is 103 Å². The van der Waals surface area contributed by atoms with Gasteiger partial charge in [-0.1, -0.05) is 79.2 Å². The Hall–Kier alpha value is -5.17. The number of ether oxygens (including phenoxy) is 3. The predicted octanol–water partition coefficient (Wildman–Crippen LogP) is 7.87.